The van der Waals surface area contributed by atoms with Crippen molar-refractivity contribution in [2.75, 3.05) is 18.0 Å². The van der Waals surface area contributed by atoms with Crippen molar-refractivity contribution in [2.24, 2.45) is 0 Å². The molecule has 8 nitrogen and oxygen atoms in total. The van der Waals surface area contributed by atoms with Crippen molar-refractivity contribution in [1.29, 1.82) is 0 Å². The monoisotopic (exact) mass is 503 g/mol. The zero-order chi connectivity index (χ0) is 25.1. The van der Waals surface area contributed by atoms with Gasteiger partial charge in [-0.2, -0.15) is 0 Å². The van der Waals surface area contributed by atoms with E-state index in [2.05, 4.69) is 36.7 Å². The van der Waals surface area contributed by atoms with Crippen molar-refractivity contribution < 1.29 is 4.79 Å². The van der Waals surface area contributed by atoms with Crippen LogP contribution >= 0.6 is 11.6 Å². The van der Waals surface area contributed by atoms with Crippen LogP contribution in [0.25, 0.3) is 28.2 Å². The molecule has 186 valence electrons. The molecule has 1 aromatic carbocycles. The largest absolute Gasteiger partial charge is 0.355 e. The van der Waals surface area contributed by atoms with Crippen molar-refractivity contribution in [2.45, 2.75) is 52.0 Å². The lowest BCUT2D eigenvalue weighted by atomic mass is 10.0. The summed E-state index contributed by atoms with van der Waals surface area (Å²) in [6.45, 7) is 5.72. The lowest BCUT2D eigenvalue weighted by Crippen LogP contribution is -2.45. The molecule has 0 spiro atoms. The number of carbonyl (C=O) groups excluding carboxylic acids is 1. The summed E-state index contributed by atoms with van der Waals surface area (Å²) < 4.78 is 2.06. The summed E-state index contributed by atoms with van der Waals surface area (Å²) in [4.78, 5) is 33.1. The number of benzene rings is 1. The first-order valence-corrected chi connectivity index (χ1v) is 12.9. The lowest BCUT2D eigenvalue weighted by molar-refractivity contribution is -0.122. The Kier molecular flexibility index (Phi) is 7.13. The van der Waals surface area contributed by atoms with Crippen LogP contribution in [0, 0.1) is 6.92 Å². The number of nitrogens with zero attached hydrogens (tertiary/aromatic N) is 6. The first-order chi connectivity index (χ1) is 17.5. The SMILES string of the molecule is CCCCC(=O)NC1CCN(c2ncnc3c2nc(-c2ccncc2C)n3-c2ccc(Cl)cc2)CC1. The summed E-state index contributed by atoms with van der Waals surface area (Å²) in [5, 5.41) is 3.87. The predicted molar refractivity (Wildman–Crippen MR) is 143 cm³/mol. The molecule has 0 saturated carbocycles. The zero-order valence-corrected chi connectivity index (χ0v) is 21.4. The molecule has 3 aromatic heterocycles. The molecule has 1 saturated heterocycles. The molecule has 4 aromatic rings. The molecule has 1 fully saturated rings. The second kappa shape index (κ2) is 10.6. The number of anilines is 1. The quantitative estimate of drug-likeness (QED) is 0.377. The third-order valence-electron chi connectivity index (χ3n) is 6.69. The van der Waals surface area contributed by atoms with Gasteiger partial charge in [0.2, 0.25) is 5.91 Å². The molecule has 5 rings (SSSR count). The number of piperidine rings is 1. The maximum Gasteiger partial charge on any atom is 0.220 e. The number of aromatic nitrogens is 5. The van der Waals surface area contributed by atoms with Crippen LogP contribution in [0.3, 0.4) is 0 Å². The fraction of sp³-hybridized carbons (Fsp3) is 0.370. The summed E-state index contributed by atoms with van der Waals surface area (Å²) in [7, 11) is 0. The Bertz CT molecular complexity index is 1360. The highest BCUT2D eigenvalue weighted by atomic mass is 35.5. The van der Waals surface area contributed by atoms with E-state index in [-0.39, 0.29) is 11.9 Å². The Labute approximate surface area is 215 Å². The van der Waals surface area contributed by atoms with Gasteiger partial charge in [0.25, 0.3) is 0 Å². The first-order valence-electron chi connectivity index (χ1n) is 12.5. The van der Waals surface area contributed by atoms with Gasteiger partial charge in [-0.15, -0.1) is 0 Å². The molecule has 9 heteroatoms. The Balaban J connectivity index is 1.50. The highest BCUT2D eigenvalue weighted by Gasteiger charge is 2.26. The van der Waals surface area contributed by atoms with Crippen molar-refractivity contribution >= 4 is 34.5 Å². The van der Waals surface area contributed by atoms with Crippen LogP contribution in [0.15, 0.2) is 49.1 Å². The predicted octanol–water partition coefficient (Wildman–Crippen LogP) is 5.11. The number of carbonyl (C=O) groups is 1. The highest BCUT2D eigenvalue weighted by Crippen LogP contribution is 2.33. The van der Waals surface area contributed by atoms with Gasteiger partial charge in [0.1, 0.15) is 12.2 Å². The maximum absolute atomic E-state index is 12.2. The van der Waals surface area contributed by atoms with Crippen molar-refractivity contribution in [3.63, 3.8) is 0 Å². The smallest absolute Gasteiger partial charge is 0.220 e. The molecule has 36 heavy (non-hydrogen) atoms. The molecule has 1 aliphatic rings. The van der Waals surface area contributed by atoms with Crippen molar-refractivity contribution in [1.82, 2.24) is 29.8 Å². The van der Waals surface area contributed by atoms with Crippen LogP contribution in [0.2, 0.25) is 5.02 Å². The minimum Gasteiger partial charge on any atom is -0.355 e. The molecule has 4 heterocycles. The summed E-state index contributed by atoms with van der Waals surface area (Å²) >= 11 is 6.18. The van der Waals surface area contributed by atoms with Gasteiger partial charge in [-0.3, -0.25) is 14.3 Å². The van der Waals surface area contributed by atoms with Crippen molar-refractivity contribution in [3.05, 3.63) is 59.6 Å². The third kappa shape index (κ3) is 4.91. The van der Waals surface area contributed by atoms with Crippen LogP contribution in [-0.2, 0) is 4.79 Å². The van der Waals surface area contributed by atoms with E-state index in [1.54, 1.807) is 12.5 Å². The number of nitrogens with one attached hydrogen (secondary N) is 1. The van der Waals surface area contributed by atoms with E-state index >= 15 is 0 Å². The lowest BCUT2D eigenvalue weighted by Gasteiger charge is -2.33. The Morgan fingerprint density at radius 3 is 2.64 bits per heavy atom. The van der Waals surface area contributed by atoms with Gasteiger partial charge < -0.3 is 10.2 Å². The normalized spacial score (nSPS) is 14.4. The van der Waals surface area contributed by atoms with Crippen LogP contribution in [0.5, 0.6) is 0 Å². The number of amides is 1. The minimum atomic E-state index is 0.152. The van der Waals surface area contributed by atoms with Crippen LogP contribution in [0.4, 0.5) is 5.82 Å². The number of hydrogen-bond donors (Lipinski definition) is 1. The topological polar surface area (TPSA) is 88.8 Å². The Morgan fingerprint density at radius 2 is 1.92 bits per heavy atom. The van der Waals surface area contributed by atoms with Gasteiger partial charge in [0.05, 0.1) is 0 Å². The third-order valence-corrected chi connectivity index (χ3v) is 6.94. The molecule has 1 aliphatic heterocycles. The number of imidazole rings is 1. The maximum atomic E-state index is 12.2. The first kappa shape index (κ1) is 24.2. The Hall–Kier alpha value is -3.52. The average molecular weight is 504 g/mol. The highest BCUT2D eigenvalue weighted by molar-refractivity contribution is 6.30. The summed E-state index contributed by atoms with van der Waals surface area (Å²) in [6.07, 6.45) is 9.52. The molecular formula is C27H30ClN7O. The standard InChI is InChI=1S/C27H30ClN7O/c1-3-4-5-23(36)32-20-11-14-34(15-12-20)26-24-27(31-17-30-26)35(21-8-6-19(28)7-9-21)25(33-24)22-10-13-29-16-18(22)2/h6-10,13,16-17,20H,3-5,11-12,14-15H2,1-2H3,(H,32,36). The second-order valence-corrected chi connectivity index (χ2v) is 9.68. The molecule has 1 amide bonds. The van der Waals surface area contributed by atoms with Gasteiger partial charge in [-0.25, -0.2) is 15.0 Å². The van der Waals surface area contributed by atoms with E-state index in [0.717, 1.165) is 78.4 Å². The number of halogens is 1. The molecule has 0 aliphatic carbocycles. The molecule has 0 bridgehead atoms. The van der Waals surface area contributed by atoms with Gasteiger partial charge in [-0.05, 0) is 62.1 Å². The average Bonchev–Trinajstić information content (AvgIpc) is 3.28. The number of aryl methyl sites for hydroxylation is 1. The van der Waals surface area contributed by atoms with Crippen LogP contribution in [-0.4, -0.2) is 49.5 Å². The van der Waals surface area contributed by atoms with E-state index in [9.17, 15) is 4.79 Å². The van der Waals surface area contributed by atoms with Crippen LogP contribution < -0.4 is 10.2 Å². The number of rotatable bonds is 7. The number of hydrogen-bond acceptors (Lipinski definition) is 6. The van der Waals surface area contributed by atoms with E-state index in [4.69, 9.17) is 16.6 Å². The summed E-state index contributed by atoms with van der Waals surface area (Å²) in [5.41, 5.74) is 4.42. The second-order valence-electron chi connectivity index (χ2n) is 9.24. The van der Waals surface area contributed by atoms with Gasteiger partial charge in [0.15, 0.2) is 17.0 Å². The van der Waals surface area contributed by atoms with E-state index in [1.807, 2.05) is 43.5 Å². The van der Waals surface area contributed by atoms with Gasteiger partial charge in [-0.1, -0.05) is 24.9 Å². The zero-order valence-electron chi connectivity index (χ0n) is 20.6. The number of pyridine rings is 1. The molecule has 1 N–H and O–H groups in total. The molecule has 0 atom stereocenters. The van der Waals surface area contributed by atoms with Crippen LogP contribution in [0.1, 0.15) is 44.6 Å². The van der Waals surface area contributed by atoms with E-state index in [1.165, 1.54) is 0 Å². The summed E-state index contributed by atoms with van der Waals surface area (Å²) in [5.74, 6) is 1.75. The fourth-order valence-electron chi connectivity index (χ4n) is 4.72. The fourth-order valence-corrected chi connectivity index (χ4v) is 4.85. The number of fused-ring (bicyclic) bond motifs is 1. The molecular weight excluding hydrogens is 474 g/mol. The molecule has 0 unspecified atom stereocenters. The minimum absolute atomic E-state index is 0.152. The van der Waals surface area contributed by atoms with E-state index in [0.29, 0.717) is 11.4 Å². The summed E-state index contributed by atoms with van der Waals surface area (Å²) in [6, 6.07) is 9.85. The molecule has 0 radical (unpaired) electrons. The van der Waals surface area contributed by atoms with Gasteiger partial charge >= 0.3 is 0 Å². The number of unbranched alkanes of at least 4 members (excludes halogenated alkanes) is 1. The van der Waals surface area contributed by atoms with Crippen molar-refractivity contribution in [3.8, 4) is 17.1 Å². The van der Waals surface area contributed by atoms with Gasteiger partial charge in [0, 0.05) is 54.2 Å². The van der Waals surface area contributed by atoms with E-state index < -0.39 is 0 Å². The Morgan fingerprint density at radius 1 is 1.14 bits per heavy atom.